The van der Waals surface area contributed by atoms with Gasteiger partial charge in [0.05, 0.1) is 11.6 Å². The first-order chi connectivity index (χ1) is 13.2. The Labute approximate surface area is 154 Å². The predicted molar refractivity (Wildman–Crippen MR) is 98.2 cm³/mol. The van der Waals surface area contributed by atoms with Crippen LogP contribution in [0.5, 0.6) is 0 Å². The number of halogens is 1. The smallest absolute Gasteiger partial charge is 0.176 e. The van der Waals surface area contributed by atoms with Crippen LogP contribution in [0.4, 0.5) is 4.39 Å². The number of imidazole rings is 1. The normalized spacial score (nSPS) is 10.5. The Bertz CT molecular complexity index is 1130. The summed E-state index contributed by atoms with van der Waals surface area (Å²) in [6.45, 7) is 0. The van der Waals surface area contributed by atoms with Crippen molar-refractivity contribution in [1.29, 1.82) is 5.26 Å². The Kier molecular flexibility index (Phi) is 4.11. The van der Waals surface area contributed by atoms with Crippen LogP contribution in [0.25, 0.3) is 33.9 Å². The number of nitriles is 1. The largest absolute Gasteiger partial charge is 0.426 e. The van der Waals surface area contributed by atoms with Crippen LogP contribution in [0.15, 0.2) is 73.1 Å². The Hall–Kier alpha value is -3.98. The van der Waals surface area contributed by atoms with E-state index in [9.17, 15) is 9.60 Å². The molecule has 0 aliphatic heterocycles. The van der Waals surface area contributed by atoms with E-state index in [1.807, 2.05) is 0 Å². The quantitative estimate of drug-likeness (QED) is 0.547. The molecule has 5 nitrogen and oxygen atoms in total. The third kappa shape index (κ3) is 3.02. The highest BCUT2D eigenvalue weighted by Gasteiger charge is 2.21. The fourth-order valence-corrected chi connectivity index (χ4v) is 2.87. The standard InChI is InChI=1S/C21H13FN4O/c22-18-7-5-16(6-8-18)20-19(15-9-11-24-12-10-15)25-21(26(20)27)17-3-1-14(13-23)2-4-17/h1-12,27H. The molecule has 0 radical (unpaired) electrons. The van der Waals surface area contributed by atoms with E-state index in [1.165, 1.54) is 12.1 Å². The minimum atomic E-state index is -0.361. The minimum Gasteiger partial charge on any atom is -0.426 e. The second kappa shape index (κ2) is 6.73. The summed E-state index contributed by atoms with van der Waals surface area (Å²) in [7, 11) is 0. The molecule has 27 heavy (non-hydrogen) atoms. The summed E-state index contributed by atoms with van der Waals surface area (Å²) in [6.07, 6.45) is 3.28. The topological polar surface area (TPSA) is 74.7 Å². The molecule has 0 spiro atoms. The summed E-state index contributed by atoms with van der Waals surface area (Å²) in [5, 5.41) is 19.8. The van der Waals surface area contributed by atoms with Crippen molar-refractivity contribution >= 4 is 0 Å². The monoisotopic (exact) mass is 356 g/mol. The van der Waals surface area contributed by atoms with E-state index >= 15 is 0 Å². The zero-order valence-electron chi connectivity index (χ0n) is 14.0. The van der Waals surface area contributed by atoms with Gasteiger partial charge in [0, 0.05) is 29.1 Å². The van der Waals surface area contributed by atoms with Gasteiger partial charge < -0.3 is 5.21 Å². The van der Waals surface area contributed by atoms with E-state index < -0.39 is 0 Å². The van der Waals surface area contributed by atoms with Crippen LogP contribution in [-0.2, 0) is 0 Å². The lowest BCUT2D eigenvalue weighted by molar-refractivity contribution is 0.195. The molecule has 4 aromatic rings. The second-order valence-electron chi connectivity index (χ2n) is 5.88. The average Bonchev–Trinajstić information content (AvgIpc) is 3.06. The maximum absolute atomic E-state index is 13.3. The van der Waals surface area contributed by atoms with Crippen LogP contribution in [-0.4, -0.2) is 19.9 Å². The highest BCUT2D eigenvalue weighted by molar-refractivity contribution is 5.81. The van der Waals surface area contributed by atoms with Gasteiger partial charge in [-0.1, -0.05) is 0 Å². The van der Waals surface area contributed by atoms with Gasteiger partial charge in [-0.25, -0.2) is 9.37 Å². The third-order valence-corrected chi connectivity index (χ3v) is 4.20. The molecule has 0 amide bonds. The Morgan fingerprint density at radius 3 is 2.11 bits per heavy atom. The van der Waals surface area contributed by atoms with E-state index in [0.717, 1.165) is 10.3 Å². The van der Waals surface area contributed by atoms with Crippen molar-refractivity contribution in [2.45, 2.75) is 0 Å². The molecule has 0 fully saturated rings. The van der Waals surface area contributed by atoms with Crippen LogP contribution in [0, 0.1) is 17.1 Å². The van der Waals surface area contributed by atoms with Crippen molar-refractivity contribution in [3.05, 3.63) is 84.4 Å². The zero-order valence-corrected chi connectivity index (χ0v) is 14.0. The van der Waals surface area contributed by atoms with Crippen molar-refractivity contribution in [3.8, 4) is 40.0 Å². The van der Waals surface area contributed by atoms with Crippen LogP contribution < -0.4 is 0 Å². The first-order valence-electron chi connectivity index (χ1n) is 8.16. The summed E-state index contributed by atoms with van der Waals surface area (Å²) >= 11 is 0. The van der Waals surface area contributed by atoms with Gasteiger partial charge in [0.1, 0.15) is 17.2 Å². The van der Waals surface area contributed by atoms with Crippen LogP contribution in [0.3, 0.4) is 0 Å². The van der Waals surface area contributed by atoms with Crippen LogP contribution >= 0.6 is 0 Å². The summed E-state index contributed by atoms with van der Waals surface area (Å²) in [4.78, 5) is 8.63. The summed E-state index contributed by atoms with van der Waals surface area (Å²) in [5.74, 6) is -0.0360. The SMILES string of the molecule is N#Cc1ccc(-c2nc(-c3ccncc3)c(-c3ccc(F)cc3)n2O)cc1. The molecular formula is C21H13FN4O. The predicted octanol–water partition coefficient (Wildman–Crippen LogP) is 4.53. The number of rotatable bonds is 3. The third-order valence-electron chi connectivity index (χ3n) is 4.20. The molecule has 0 aliphatic carbocycles. The van der Waals surface area contributed by atoms with Crippen LogP contribution in [0.2, 0.25) is 0 Å². The fourth-order valence-electron chi connectivity index (χ4n) is 2.87. The molecular weight excluding hydrogens is 343 g/mol. The summed E-state index contributed by atoms with van der Waals surface area (Å²) in [6, 6.07) is 18.2. The van der Waals surface area contributed by atoms with Gasteiger partial charge in [-0.3, -0.25) is 4.98 Å². The van der Waals surface area contributed by atoms with Crippen molar-refractivity contribution in [1.82, 2.24) is 14.7 Å². The van der Waals surface area contributed by atoms with Gasteiger partial charge in [0.25, 0.3) is 0 Å². The lowest BCUT2D eigenvalue weighted by atomic mass is 10.1. The number of hydrogen-bond donors (Lipinski definition) is 1. The van der Waals surface area contributed by atoms with Crippen molar-refractivity contribution in [3.63, 3.8) is 0 Å². The van der Waals surface area contributed by atoms with Crippen molar-refractivity contribution in [2.75, 3.05) is 0 Å². The fraction of sp³-hybridized carbons (Fsp3) is 0. The maximum Gasteiger partial charge on any atom is 0.176 e. The first-order valence-corrected chi connectivity index (χ1v) is 8.16. The molecule has 0 unspecified atom stereocenters. The number of aromatic nitrogens is 3. The minimum absolute atomic E-state index is 0.325. The molecule has 6 heteroatoms. The van der Waals surface area contributed by atoms with Crippen molar-refractivity contribution < 1.29 is 9.60 Å². The molecule has 2 aromatic carbocycles. The number of benzene rings is 2. The zero-order chi connectivity index (χ0) is 18.8. The Morgan fingerprint density at radius 1 is 0.852 bits per heavy atom. The lowest BCUT2D eigenvalue weighted by Gasteiger charge is -2.06. The maximum atomic E-state index is 13.3. The Morgan fingerprint density at radius 2 is 1.48 bits per heavy atom. The van der Waals surface area contributed by atoms with Gasteiger partial charge in [-0.2, -0.15) is 9.99 Å². The van der Waals surface area contributed by atoms with E-state index in [0.29, 0.717) is 33.9 Å². The van der Waals surface area contributed by atoms with Crippen molar-refractivity contribution in [2.24, 2.45) is 0 Å². The molecule has 0 aliphatic rings. The van der Waals surface area contributed by atoms with E-state index in [1.54, 1.807) is 60.9 Å². The van der Waals surface area contributed by atoms with Gasteiger partial charge in [-0.15, -0.1) is 0 Å². The number of hydrogen-bond acceptors (Lipinski definition) is 4. The molecule has 1 N–H and O–H groups in total. The lowest BCUT2D eigenvalue weighted by Crippen LogP contribution is -1.97. The molecule has 0 atom stereocenters. The van der Waals surface area contributed by atoms with E-state index in [2.05, 4.69) is 16.0 Å². The van der Waals surface area contributed by atoms with Gasteiger partial charge in [0.15, 0.2) is 5.82 Å². The van der Waals surface area contributed by atoms with Gasteiger partial charge >= 0.3 is 0 Å². The number of nitrogens with zero attached hydrogens (tertiary/aromatic N) is 4. The molecule has 0 bridgehead atoms. The molecule has 0 saturated carbocycles. The second-order valence-corrected chi connectivity index (χ2v) is 5.88. The molecule has 0 saturated heterocycles. The Balaban J connectivity index is 1.94. The molecule has 130 valence electrons. The first kappa shape index (κ1) is 16.5. The van der Waals surface area contributed by atoms with E-state index in [4.69, 9.17) is 5.26 Å². The highest BCUT2D eigenvalue weighted by atomic mass is 19.1. The van der Waals surface area contributed by atoms with Gasteiger partial charge in [-0.05, 0) is 60.7 Å². The summed E-state index contributed by atoms with van der Waals surface area (Å²) in [5.41, 5.74) is 3.56. The van der Waals surface area contributed by atoms with E-state index in [-0.39, 0.29) is 5.82 Å². The van der Waals surface area contributed by atoms with Crippen LogP contribution in [0.1, 0.15) is 5.56 Å². The highest BCUT2D eigenvalue weighted by Crippen LogP contribution is 2.35. The molecule has 4 rings (SSSR count). The average molecular weight is 356 g/mol. The number of pyridine rings is 1. The van der Waals surface area contributed by atoms with Gasteiger partial charge in [0.2, 0.25) is 0 Å². The molecule has 2 heterocycles. The molecule has 2 aromatic heterocycles. The summed E-state index contributed by atoms with van der Waals surface area (Å²) < 4.78 is 14.3.